The zero-order valence-electron chi connectivity index (χ0n) is 15.8. The summed E-state index contributed by atoms with van der Waals surface area (Å²) in [6, 6.07) is 10.5. The monoisotopic (exact) mass is 340 g/mol. The van der Waals surface area contributed by atoms with E-state index in [-0.39, 0.29) is 5.78 Å². The molecule has 1 heterocycles. The van der Waals surface area contributed by atoms with Crippen LogP contribution >= 0.6 is 0 Å². The lowest BCUT2D eigenvalue weighted by Crippen LogP contribution is -2.40. The number of benzene rings is 1. The first-order chi connectivity index (χ1) is 11.9. The molecule has 25 heavy (non-hydrogen) atoms. The fourth-order valence-corrected chi connectivity index (χ4v) is 2.94. The van der Waals surface area contributed by atoms with Gasteiger partial charge in [-0.2, -0.15) is 0 Å². The highest BCUT2D eigenvalue weighted by atomic mass is 16.1. The van der Waals surface area contributed by atoms with E-state index in [0.717, 1.165) is 30.2 Å². The summed E-state index contributed by atoms with van der Waals surface area (Å²) in [4.78, 5) is 22.6. The zero-order chi connectivity index (χ0) is 18.4. The highest BCUT2D eigenvalue weighted by Gasteiger charge is 2.12. The molecule has 0 unspecified atom stereocenters. The summed E-state index contributed by atoms with van der Waals surface area (Å²) < 4.78 is 0. The van der Waals surface area contributed by atoms with Crippen molar-refractivity contribution in [1.82, 2.24) is 14.9 Å². The molecule has 2 aromatic rings. The number of anilines is 1. The van der Waals surface area contributed by atoms with Gasteiger partial charge in [0.2, 0.25) is 0 Å². The molecule has 0 fully saturated rings. The number of nitrogens with zero attached hydrogens (tertiary/aromatic N) is 3. The molecule has 0 aliphatic carbocycles. The molecule has 0 aliphatic heterocycles. The lowest BCUT2D eigenvalue weighted by Gasteiger charge is -2.30. The van der Waals surface area contributed by atoms with Gasteiger partial charge in [0.15, 0.2) is 5.78 Å². The van der Waals surface area contributed by atoms with E-state index >= 15 is 0 Å². The second-order valence-corrected chi connectivity index (χ2v) is 6.78. The first-order valence-electron chi connectivity index (χ1n) is 8.81. The van der Waals surface area contributed by atoms with Crippen molar-refractivity contribution in [2.75, 3.05) is 18.4 Å². The minimum atomic E-state index is 0.0525. The Bertz CT molecular complexity index is 704. The van der Waals surface area contributed by atoms with Gasteiger partial charge in [0, 0.05) is 42.4 Å². The molecule has 0 radical (unpaired) electrons. The Hall–Kier alpha value is -2.27. The minimum absolute atomic E-state index is 0.0525. The van der Waals surface area contributed by atoms with Crippen LogP contribution in [0.1, 0.15) is 45.0 Å². The molecule has 0 saturated heterocycles. The van der Waals surface area contributed by atoms with Crippen LogP contribution in [0.3, 0.4) is 0 Å². The molecule has 1 N–H and O–H groups in total. The van der Waals surface area contributed by atoms with E-state index in [9.17, 15) is 4.79 Å². The van der Waals surface area contributed by atoms with Crippen molar-refractivity contribution in [1.29, 1.82) is 0 Å². The topological polar surface area (TPSA) is 58.1 Å². The summed E-state index contributed by atoms with van der Waals surface area (Å²) in [5.41, 5.74) is 2.42. The summed E-state index contributed by atoms with van der Waals surface area (Å²) in [7, 11) is 0. The molecule has 1 aromatic carbocycles. The van der Waals surface area contributed by atoms with Gasteiger partial charge in [0.1, 0.15) is 12.1 Å². The molecule has 1 aromatic heterocycles. The van der Waals surface area contributed by atoms with Crippen LogP contribution in [-0.4, -0.2) is 45.8 Å². The Morgan fingerprint density at radius 3 is 2.48 bits per heavy atom. The normalized spacial score (nSPS) is 11.4. The molecule has 0 spiro atoms. The van der Waals surface area contributed by atoms with E-state index in [0.29, 0.717) is 17.6 Å². The van der Waals surface area contributed by atoms with Crippen molar-refractivity contribution in [3.8, 4) is 11.3 Å². The largest absolute Gasteiger partial charge is 0.369 e. The molecule has 5 nitrogen and oxygen atoms in total. The van der Waals surface area contributed by atoms with Gasteiger partial charge in [-0.05, 0) is 40.7 Å². The molecule has 0 aliphatic rings. The SMILES string of the molecule is CC(=O)c1cccc(-c2cc(NCCN(C(C)C)C(C)C)ncn2)c1. The fourth-order valence-electron chi connectivity index (χ4n) is 2.94. The van der Waals surface area contributed by atoms with Crippen LogP contribution in [0, 0.1) is 0 Å². The summed E-state index contributed by atoms with van der Waals surface area (Å²) in [5, 5.41) is 3.37. The van der Waals surface area contributed by atoms with E-state index in [1.54, 1.807) is 13.3 Å². The molecular weight excluding hydrogens is 312 g/mol. The highest BCUT2D eigenvalue weighted by molar-refractivity contribution is 5.95. The predicted octanol–water partition coefficient (Wildman–Crippen LogP) is 3.88. The first kappa shape index (κ1) is 19.1. The molecule has 134 valence electrons. The van der Waals surface area contributed by atoms with E-state index in [4.69, 9.17) is 0 Å². The number of hydrogen-bond donors (Lipinski definition) is 1. The van der Waals surface area contributed by atoms with Crippen molar-refractivity contribution >= 4 is 11.6 Å². The van der Waals surface area contributed by atoms with E-state index in [2.05, 4.69) is 47.9 Å². The van der Waals surface area contributed by atoms with Crippen molar-refractivity contribution in [2.45, 2.75) is 46.7 Å². The van der Waals surface area contributed by atoms with Crippen LogP contribution in [0.15, 0.2) is 36.7 Å². The Morgan fingerprint density at radius 2 is 1.84 bits per heavy atom. The molecule has 2 rings (SSSR count). The average Bonchev–Trinajstić information content (AvgIpc) is 2.58. The van der Waals surface area contributed by atoms with Crippen LogP contribution in [0.2, 0.25) is 0 Å². The van der Waals surface area contributed by atoms with Crippen LogP contribution in [0.4, 0.5) is 5.82 Å². The number of carbonyl (C=O) groups is 1. The lowest BCUT2D eigenvalue weighted by atomic mass is 10.1. The third kappa shape index (κ3) is 5.36. The Morgan fingerprint density at radius 1 is 1.12 bits per heavy atom. The third-order valence-electron chi connectivity index (χ3n) is 4.23. The molecule has 5 heteroatoms. The van der Waals surface area contributed by atoms with E-state index in [1.807, 2.05) is 30.3 Å². The number of Topliss-reactive ketones (excluding diaryl/α,β-unsaturated/α-hetero) is 1. The quantitative estimate of drug-likeness (QED) is 0.739. The highest BCUT2D eigenvalue weighted by Crippen LogP contribution is 2.20. The van der Waals surface area contributed by atoms with Gasteiger partial charge in [-0.3, -0.25) is 9.69 Å². The number of carbonyl (C=O) groups excluding carboxylic acids is 1. The summed E-state index contributed by atoms with van der Waals surface area (Å²) in [5.74, 6) is 0.849. The van der Waals surface area contributed by atoms with Gasteiger partial charge in [-0.25, -0.2) is 9.97 Å². The smallest absolute Gasteiger partial charge is 0.159 e. The van der Waals surface area contributed by atoms with E-state index < -0.39 is 0 Å². The van der Waals surface area contributed by atoms with E-state index in [1.165, 1.54) is 0 Å². The number of hydrogen-bond acceptors (Lipinski definition) is 5. The fraction of sp³-hybridized carbons (Fsp3) is 0.450. The standard InChI is InChI=1S/C20H28N4O/c1-14(2)24(15(3)4)10-9-21-20-12-19(22-13-23-20)18-8-6-7-17(11-18)16(5)25/h6-8,11-15H,9-10H2,1-5H3,(H,21,22,23). The third-order valence-corrected chi connectivity index (χ3v) is 4.23. The number of rotatable bonds is 8. The Balaban J connectivity index is 2.06. The number of aromatic nitrogens is 2. The van der Waals surface area contributed by atoms with Gasteiger partial charge in [-0.15, -0.1) is 0 Å². The summed E-state index contributed by atoms with van der Waals surface area (Å²) in [6.07, 6.45) is 1.56. The van der Waals surface area contributed by atoms with Gasteiger partial charge in [-0.1, -0.05) is 18.2 Å². The lowest BCUT2D eigenvalue weighted by molar-refractivity contribution is 0.101. The van der Waals surface area contributed by atoms with Gasteiger partial charge < -0.3 is 5.32 Å². The predicted molar refractivity (Wildman–Crippen MR) is 103 cm³/mol. The van der Waals surface area contributed by atoms with Crippen molar-refractivity contribution < 1.29 is 4.79 Å². The van der Waals surface area contributed by atoms with Crippen molar-refractivity contribution in [3.63, 3.8) is 0 Å². The molecule has 0 amide bonds. The Labute approximate surface area is 150 Å². The van der Waals surface area contributed by atoms with Crippen LogP contribution in [-0.2, 0) is 0 Å². The number of nitrogens with one attached hydrogen (secondary N) is 1. The molecule has 0 atom stereocenters. The van der Waals surface area contributed by atoms with Gasteiger partial charge >= 0.3 is 0 Å². The second kappa shape index (κ2) is 8.72. The zero-order valence-corrected chi connectivity index (χ0v) is 15.8. The molecular formula is C20H28N4O. The molecule has 0 bridgehead atoms. The van der Waals surface area contributed by atoms with Crippen molar-refractivity contribution in [2.24, 2.45) is 0 Å². The van der Waals surface area contributed by atoms with Crippen LogP contribution in [0.25, 0.3) is 11.3 Å². The summed E-state index contributed by atoms with van der Waals surface area (Å²) >= 11 is 0. The maximum Gasteiger partial charge on any atom is 0.159 e. The number of ketones is 1. The van der Waals surface area contributed by atoms with Gasteiger partial charge in [0.25, 0.3) is 0 Å². The van der Waals surface area contributed by atoms with Crippen LogP contribution < -0.4 is 5.32 Å². The summed E-state index contributed by atoms with van der Waals surface area (Å²) in [6.45, 7) is 12.2. The maximum atomic E-state index is 11.6. The maximum absolute atomic E-state index is 11.6. The minimum Gasteiger partial charge on any atom is -0.369 e. The van der Waals surface area contributed by atoms with Crippen molar-refractivity contribution in [3.05, 3.63) is 42.2 Å². The second-order valence-electron chi connectivity index (χ2n) is 6.78. The molecule has 0 saturated carbocycles. The Kier molecular flexibility index (Phi) is 6.65. The van der Waals surface area contributed by atoms with Gasteiger partial charge in [0.05, 0.1) is 5.69 Å². The van der Waals surface area contributed by atoms with Crippen LogP contribution in [0.5, 0.6) is 0 Å². The average molecular weight is 340 g/mol. The first-order valence-corrected chi connectivity index (χ1v) is 8.81.